The number of benzene rings is 2. The smallest absolute Gasteiger partial charge is 0.243 e. The second kappa shape index (κ2) is 12.0. The molecule has 2 amide bonds. The number of nitrogens with one attached hydrogen (secondary N) is 1. The van der Waals surface area contributed by atoms with Crippen LogP contribution in [0.2, 0.25) is 0 Å². The van der Waals surface area contributed by atoms with Crippen LogP contribution < -0.4 is 19.1 Å². The first-order valence-electron chi connectivity index (χ1n) is 12.5. The molecule has 1 N–H and O–H groups in total. The molecular weight excluding hydrogens is 513 g/mol. The number of amides is 2. The lowest BCUT2D eigenvalue weighted by atomic mass is 10.0. The third-order valence-electron chi connectivity index (χ3n) is 5.95. The van der Waals surface area contributed by atoms with Crippen LogP contribution in [0.3, 0.4) is 0 Å². The maximum atomic E-state index is 13.5. The fraction of sp³-hybridized carbons (Fsp3) is 0.481. The van der Waals surface area contributed by atoms with Crippen molar-refractivity contribution >= 4 is 27.5 Å². The molecule has 0 bridgehead atoms. The van der Waals surface area contributed by atoms with Gasteiger partial charge in [0.1, 0.15) is 11.9 Å². The van der Waals surface area contributed by atoms with E-state index in [4.69, 9.17) is 9.47 Å². The van der Waals surface area contributed by atoms with Crippen molar-refractivity contribution in [3.05, 3.63) is 53.8 Å². The van der Waals surface area contributed by atoms with E-state index in [0.29, 0.717) is 29.2 Å². The lowest BCUT2D eigenvalue weighted by molar-refractivity contribution is -0.142. The third kappa shape index (κ3) is 7.83. The maximum Gasteiger partial charge on any atom is 0.243 e. The third-order valence-corrected chi connectivity index (χ3v) is 7.14. The van der Waals surface area contributed by atoms with Crippen LogP contribution in [0.25, 0.3) is 0 Å². The van der Waals surface area contributed by atoms with Crippen LogP contribution in [0.1, 0.15) is 52.5 Å². The number of hydrogen-bond acceptors (Lipinski definition) is 6. The van der Waals surface area contributed by atoms with Gasteiger partial charge in [0.2, 0.25) is 28.6 Å². The van der Waals surface area contributed by atoms with Gasteiger partial charge < -0.3 is 19.7 Å². The molecule has 9 nitrogen and oxygen atoms in total. The van der Waals surface area contributed by atoms with Crippen LogP contribution in [0.5, 0.6) is 11.5 Å². The standard InChI is InChI=1S/C27H36FN3O6S/c1-6-22(26(33)29-27(2,3)4)30(17-19-9-11-20(28)12-10-19)25(32)8-7-15-31(38(5,34)35)21-13-14-23-24(16-21)37-18-36-23/h9-14,16,22H,6-8,15,17-18H2,1-5H3,(H,29,33)/t22-/m0/s1. The van der Waals surface area contributed by atoms with Gasteiger partial charge in [-0.25, -0.2) is 12.8 Å². The van der Waals surface area contributed by atoms with Gasteiger partial charge in [-0.3, -0.25) is 13.9 Å². The Kier molecular flexibility index (Phi) is 9.24. The number of rotatable bonds is 11. The van der Waals surface area contributed by atoms with E-state index < -0.39 is 27.4 Å². The predicted molar refractivity (Wildman–Crippen MR) is 143 cm³/mol. The van der Waals surface area contributed by atoms with E-state index in [-0.39, 0.29) is 44.5 Å². The van der Waals surface area contributed by atoms with Crippen molar-refractivity contribution in [1.82, 2.24) is 10.2 Å². The van der Waals surface area contributed by atoms with E-state index >= 15 is 0 Å². The average molecular weight is 550 g/mol. The summed E-state index contributed by atoms with van der Waals surface area (Å²) in [5.41, 5.74) is 0.596. The van der Waals surface area contributed by atoms with Crippen molar-refractivity contribution in [2.45, 2.75) is 65.1 Å². The van der Waals surface area contributed by atoms with Gasteiger partial charge in [0, 0.05) is 31.1 Å². The minimum atomic E-state index is -3.65. The van der Waals surface area contributed by atoms with E-state index in [9.17, 15) is 22.4 Å². The highest BCUT2D eigenvalue weighted by atomic mass is 32.2. The SMILES string of the molecule is CC[C@@H](C(=O)NC(C)(C)C)N(Cc1ccc(F)cc1)C(=O)CCCN(c1ccc2c(c1)OCO2)S(C)(=O)=O. The molecule has 3 rings (SSSR count). The highest BCUT2D eigenvalue weighted by Gasteiger charge is 2.31. The minimum Gasteiger partial charge on any atom is -0.454 e. The summed E-state index contributed by atoms with van der Waals surface area (Å²) in [6, 6.07) is 9.89. The van der Waals surface area contributed by atoms with E-state index in [1.807, 2.05) is 27.7 Å². The lowest BCUT2D eigenvalue weighted by Gasteiger charge is -2.33. The largest absolute Gasteiger partial charge is 0.454 e. The number of carbonyl (C=O) groups is 2. The fourth-order valence-electron chi connectivity index (χ4n) is 4.20. The average Bonchev–Trinajstić information content (AvgIpc) is 3.29. The Morgan fingerprint density at radius 1 is 1.08 bits per heavy atom. The van der Waals surface area contributed by atoms with Crippen LogP contribution in [-0.2, 0) is 26.2 Å². The molecule has 38 heavy (non-hydrogen) atoms. The quantitative estimate of drug-likeness (QED) is 0.457. The van der Waals surface area contributed by atoms with Crippen LogP contribution in [0.4, 0.5) is 10.1 Å². The summed E-state index contributed by atoms with van der Waals surface area (Å²) in [7, 11) is -3.65. The minimum absolute atomic E-state index is 0.0110. The van der Waals surface area contributed by atoms with Gasteiger partial charge >= 0.3 is 0 Å². The molecule has 0 unspecified atom stereocenters. The highest BCUT2D eigenvalue weighted by Crippen LogP contribution is 2.36. The van der Waals surface area contributed by atoms with Crippen LogP contribution in [0, 0.1) is 5.82 Å². The molecule has 0 aliphatic carbocycles. The van der Waals surface area contributed by atoms with Crippen molar-refractivity contribution in [3.8, 4) is 11.5 Å². The van der Waals surface area contributed by atoms with E-state index in [1.54, 1.807) is 30.3 Å². The van der Waals surface area contributed by atoms with Gasteiger partial charge in [0.05, 0.1) is 11.9 Å². The molecule has 0 radical (unpaired) electrons. The number of ether oxygens (including phenoxy) is 2. The molecule has 0 aromatic heterocycles. The Labute approximate surface area is 224 Å². The Balaban J connectivity index is 1.77. The molecule has 2 aromatic carbocycles. The summed E-state index contributed by atoms with van der Waals surface area (Å²) in [5.74, 6) is 0.00721. The van der Waals surface area contributed by atoms with Gasteiger partial charge in [-0.15, -0.1) is 0 Å². The molecule has 0 fully saturated rings. The molecule has 0 saturated carbocycles. The zero-order valence-electron chi connectivity index (χ0n) is 22.5. The number of halogens is 1. The van der Waals surface area contributed by atoms with Gasteiger partial charge in [0.25, 0.3) is 0 Å². The number of hydrogen-bond donors (Lipinski definition) is 1. The molecule has 1 aliphatic rings. The molecular formula is C27H36FN3O6S. The van der Waals surface area contributed by atoms with Crippen LogP contribution >= 0.6 is 0 Å². The Hall–Kier alpha value is -3.34. The van der Waals surface area contributed by atoms with Crippen LogP contribution in [0.15, 0.2) is 42.5 Å². The van der Waals surface area contributed by atoms with Crippen LogP contribution in [-0.4, -0.2) is 56.3 Å². The Morgan fingerprint density at radius 2 is 1.74 bits per heavy atom. The Morgan fingerprint density at radius 3 is 2.34 bits per heavy atom. The van der Waals surface area contributed by atoms with E-state index in [1.165, 1.54) is 21.3 Å². The molecule has 0 saturated heterocycles. The van der Waals surface area contributed by atoms with Gasteiger partial charge in [-0.1, -0.05) is 19.1 Å². The lowest BCUT2D eigenvalue weighted by Crippen LogP contribution is -2.53. The molecule has 1 aliphatic heterocycles. The maximum absolute atomic E-state index is 13.5. The van der Waals surface area contributed by atoms with Gasteiger partial charge in [-0.05, 0) is 63.4 Å². The summed E-state index contributed by atoms with van der Waals surface area (Å²) in [5, 5.41) is 2.93. The summed E-state index contributed by atoms with van der Waals surface area (Å²) in [6.45, 7) is 7.64. The monoisotopic (exact) mass is 549 g/mol. The number of carbonyl (C=O) groups excluding carboxylic acids is 2. The number of sulfonamides is 1. The van der Waals surface area contributed by atoms with Gasteiger partial charge in [0.15, 0.2) is 11.5 Å². The summed E-state index contributed by atoms with van der Waals surface area (Å²) >= 11 is 0. The summed E-state index contributed by atoms with van der Waals surface area (Å²) < 4.78 is 50.5. The van der Waals surface area contributed by atoms with E-state index in [0.717, 1.165) is 6.26 Å². The summed E-state index contributed by atoms with van der Waals surface area (Å²) in [4.78, 5) is 28.1. The zero-order valence-corrected chi connectivity index (χ0v) is 23.3. The number of anilines is 1. The second-order valence-corrected chi connectivity index (χ2v) is 12.2. The molecule has 208 valence electrons. The molecule has 0 spiro atoms. The van der Waals surface area contributed by atoms with Gasteiger partial charge in [-0.2, -0.15) is 0 Å². The number of fused-ring (bicyclic) bond motifs is 1. The van der Waals surface area contributed by atoms with Crippen molar-refractivity contribution in [2.24, 2.45) is 0 Å². The first-order chi connectivity index (χ1) is 17.8. The van der Waals surface area contributed by atoms with E-state index in [2.05, 4.69) is 5.32 Å². The normalized spacial score (nSPS) is 13.6. The zero-order chi connectivity index (χ0) is 28.1. The molecule has 11 heteroatoms. The molecule has 1 heterocycles. The highest BCUT2D eigenvalue weighted by molar-refractivity contribution is 7.92. The predicted octanol–water partition coefficient (Wildman–Crippen LogP) is 3.82. The second-order valence-electron chi connectivity index (χ2n) is 10.3. The first-order valence-corrected chi connectivity index (χ1v) is 14.4. The Bertz CT molecular complexity index is 1240. The van der Waals surface area contributed by atoms with Crippen molar-refractivity contribution in [2.75, 3.05) is 23.9 Å². The van der Waals surface area contributed by atoms with Crippen molar-refractivity contribution < 1.29 is 31.9 Å². The summed E-state index contributed by atoms with van der Waals surface area (Å²) in [6.07, 6.45) is 1.71. The first kappa shape index (κ1) is 29.2. The number of nitrogens with zero attached hydrogens (tertiary/aromatic N) is 2. The molecule has 1 atom stereocenters. The van der Waals surface area contributed by atoms with Crippen molar-refractivity contribution in [1.29, 1.82) is 0 Å². The fourth-order valence-corrected chi connectivity index (χ4v) is 5.16. The molecule has 2 aromatic rings. The topological polar surface area (TPSA) is 105 Å². The van der Waals surface area contributed by atoms with Crippen molar-refractivity contribution in [3.63, 3.8) is 0 Å².